The Labute approximate surface area is 205 Å². The summed E-state index contributed by atoms with van der Waals surface area (Å²) in [5.74, 6) is 0.677. The molecule has 7 heteroatoms. The van der Waals surface area contributed by atoms with Crippen molar-refractivity contribution in [3.8, 4) is 5.75 Å². The van der Waals surface area contributed by atoms with Gasteiger partial charge in [-0.15, -0.1) is 0 Å². The Bertz CT molecular complexity index is 1110. The fourth-order valence-electron chi connectivity index (χ4n) is 4.31. The Morgan fingerprint density at radius 2 is 1.54 bits per heavy atom. The lowest BCUT2D eigenvalue weighted by molar-refractivity contribution is 0.0536. The summed E-state index contributed by atoms with van der Waals surface area (Å²) in [4.78, 5) is 27.5. The Balaban J connectivity index is 1.50. The largest absolute Gasteiger partial charge is 0.497 e. The second-order valence-electron chi connectivity index (χ2n) is 8.41. The smallest absolute Gasteiger partial charge is 0.410 e. The van der Waals surface area contributed by atoms with Gasteiger partial charge in [-0.3, -0.25) is 4.90 Å². The van der Waals surface area contributed by atoms with Crippen LogP contribution in [-0.4, -0.2) is 36.8 Å². The van der Waals surface area contributed by atoms with Crippen molar-refractivity contribution in [2.24, 2.45) is 0 Å². The minimum atomic E-state index is -0.522. The summed E-state index contributed by atoms with van der Waals surface area (Å²) >= 11 is 0. The third kappa shape index (κ3) is 6.53. The zero-order valence-corrected chi connectivity index (χ0v) is 19.8. The van der Waals surface area contributed by atoms with Crippen LogP contribution in [-0.2, 0) is 22.7 Å². The van der Waals surface area contributed by atoms with Crippen molar-refractivity contribution in [3.05, 3.63) is 102 Å². The van der Waals surface area contributed by atoms with Crippen molar-refractivity contribution in [2.45, 2.75) is 38.1 Å². The standard InChI is InChI=1S/C28H30N2O5/c1-33-24-15-8-14-23(18-24)26-25(29-27(31)34-19-21-10-4-2-5-11-21)16-9-17-30(26)28(32)35-20-22-12-6-3-7-13-22/h2-8,10-15,18,25-26H,9,16-17,19-20H2,1H3,(H,29,31)/t25-,26-/m0/s1. The van der Waals surface area contributed by atoms with Crippen LogP contribution in [0.5, 0.6) is 5.75 Å². The van der Waals surface area contributed by atoms with E-state index in [1.807, 2.05) is 84.9 Å². The summed E-state index contributed by atoms with van der Waals surface area (Å²) in [6.07, 6.45) is 0.479. The van der Waals surface area contributed by atoms with Crippen LogP contribution in [0.2, 0.25) is 0 Å². The molecule has 7 nitrogen and oxygen atoms in total. The first kappa shape index (κ1) is 24.1. The van der Waals surface area contributed by atoms with Crippen LogP contribution >= 0.6 is 0 Å². The third-order valence-corrected chi connectivity index (χ3v) is 6.02. The predicted molar refractivity (Wildman–Crippen MR) is 132 cm³/mol. The van der Waals surface area contributed by atoms with E-state index < -0.39 is 18.2 Å². The molecule has 1 aliphatic rings. The number of likely N-dealkylation sites (tertiary alicyclic amines) is 1. The first-order valence-corrected chi connectivity index (χ1v) is 11.7. The molecule has 4 rings (SSSR count). The molecule has 1 N–H and O–H groups in total. The van der Waals surface area contributed by atoms with Gasteiger partial charge in [-0.05, 0) is 41.7 Å². The number of carbonyl (C=O) groups is 2. The molecule has 0 radical (unpaired) electrons. The van der Waals surface area contributed by atoms with Crippen LogP contribution in [0.15, 0.2) is 84.9 Å². The SMILES string of the molecule is COc1cccc([C@H]2[C@@H](NC(=O)OCc3ccccc3)CCCN2C(=O)OCc2ccccc2)c1. The van der Waals surface area contributed by atoms with Gasteiger partial charge in [0, 0.05) is 6.54 Å². The normalized spacial score (nSPS) is 17.3. The van der Waals surface area contributed by atoms with E-state index in [1.54, 1.807) is 12.0 Å². The van der Waals surface area contributed by atoms with Gasteiger partial charge in [0.05, 0.1) is 19.2 Å². The molecule has 1 fully saturated rings. The van der Waals surface area contributed by atoms with Crippen molar-refractivity contribution < 1.29 is 23.8 Å². The quantitative estimate of drug-likeness (QED) is 0.492. The molecule has 2 amide bonds. The van der Waals surface area contributed by atoms with Crippen LogP contribution in [0, 0.1) is 0 Å². The average Bonchev–Trinajstić information content (AvgIpc) is 2.91. The van der Waals surface area contributed by atoms with E-state index in [9.17, 15) is 9.59 Å². The van der Waals surface area contributed by atoms with Crippen LogP contribution in [0.3, 0.4) is 0 Å². The molecule has 35 heavy (non-hydrogen) atoms. The average molecular weight is 475 g/mol. The first-order valence-electron chi connectivity index (χ1n) is 11.7. The maximum Gasteiger partial charge on any atom is 0.410 e. The highest BCUT2D eigenvalue weighted by atomic mass is 16.6. The number of nitrogens with zero attached hydrogens (tertiary/aromatic N) is 1. The monoisotopic (exact) mass is 474 g/mol. The molecule has 0 spiro atoms. The van der Waals surface area contributed by atoms with Gasteiger partial charge in [-0.25, -0.2) is 9.59 Å². The predicted octanol–water partition coefficient (Wildman–Crippen LogP) is 5.46. The summed E-state index contributed by atoms with van der Waals surface area (Å²) in [7, 11) is 1.60. The number of hydrogen-bond donors (Lipinski definition) is 1. The third-order valence-electron chi connectivity index (χ3n) is 6.02. The maximum absolute atomic E-state index is 13.2. The van der Waals surface area contributed by atoms with Gasteiger partial charge < -0.3 is 19.5 Å². The van der Waals surface area contributed by atoms with E-state index >= 15 is 0 Å². The summed E-state index contributed by atoms with van der Waals surface area (Å²) in [6, 6.07) is 25.8. The molecule has 0 bridgehead atoms. The summed E-state index contributed by atoms with van der Waals surface area (Å²) in [6.45, 7) is 0.872. The molecule has 0 aliphatic carbocycles. The molecule has 2 atom stereocenters. The highest BCUT2D eigenvalue weighted by Crippen LogP contribution is 2.34. The lowest BCUT2D eigenvalue weighted by atomic mass is 9.90. The van der Waals surface area contributed by atoms with E-state index in [4.69, 9.17) is 14.2 Å². The maximum atomic E-state index is 13.2. The zero-order valence-electron chi connectivity index (χ0n) is 19.8. The van der Waals surface area contributed by atoms with Crippen LogP contribution in [0.1, 0.15) is 35.6 Å². The van der Waals surface area contributed by atoms with Crippen molar-refractivity contribution in [1.82, 2.24) is 10.2 Å². The minimum absolute atomic E-state index is 0.173. The molecule has 0 aromatic heterocycles. The van der Waals surface area contributed by atoms with Gasteiger partial charge in [0.2, 0.25) is 0 Å². The van der Waals surface area contributed by atoms with Gasteiger partial charge in [-0.2, -0.15) is 0 Å². The molecular formula is C28H30N2O5. The molecule has 0 unspecified atom stereocenters. The molecule has 1 aliphatic heterocycles. The van der Waals surface area contributed by atoms with E-state index in [2.05, 4.69) is 5.32 Å². The lowest BCUT2D eigenvalue weighted by Crippen LogP contribution is -2.52. The van der Waals surface area contributed by atoms with Crippen molar-refractivity contribution in [2.75, 3.05) is 13.7 Å². The zero-order chi connectivity index (χ0) is 24.5. The molecule has 0 saturated carbocycles. The first-order chi connectivity index (χ1) is 17.1. The Hall–Kier alpha value is -4.00. The number of carbonyl (C=O) groups excluding carboxylic acids is 2. The van der Waals surface area contributed by atoms with E-state index in [-0.39, 0.29) is 19.3 Å². The second kappa shape index (κ2) is 11.9. The molecule has 1 saturated heterocycles. The van der Waals surface area contributed by atoms with Gasteiger partial charge in [0.15, 0.2) is 0 Å². The lowest BCUT2D eigenvalue weighted by Gasteiger charge is -2.41. The van der Waals surface area contributed by atoms with E-state index in [0.717, 1.165) is 23.1 Å². The molecule has 3 aromatic rings. The minimum Gasteiger partial charge on any atom is -0.497 e. The van der Waals surface area contributed by atoms with Gasteiger partial charge in [0.25, 0.3) is 0 Å². The summed E-state index contributed by atoms with van der Waals surface area (Å²) in [5, 5.41) is 2.98. The Morgan fingerprint density at radius 1 is 0.886 bits per heavy atom. The van der Waals surface area contributed by atoms with Crippen molar-refractivity contribution >= 4 is 12.2 Å². The number of methoxy groups -OCH3 is 1. The molecule has 1 heterocycles. The van der Waals surface area contributed by atoms with Crippen LogP contribution in [0.4, 0.5) is 9.59 Å². The van der Waals surface area contributed by atoms with Crippen molar-refractivity contribution in [3.63, 3.8) is 0 Å². The molecular weight excluding hydrogens is 444 g/mol. The fourth-order valence-corrected chi connectivity index (χ4v) is 4.31. The second-order valence-corrected chi connectivity index (χ2v) is 8.41. The van der Waals surface area contributed by atoms with Gasteiger partial charge in [0.1, 0.15) is 19.0 Å². The molecule has 3 aromatic carbocycles. The van der Waals surface area contributed by atoms with Gasteiger partial charge >= 0.3 is 12.2 Å². The van der Waals surface area contributed by atoms with E-state index in [1.165, 1.54) is 0 Å². The van der Waals surface area contributed by atoms with Crippen molar-refractivity contribution in [1.29, 1.82) is 0 Å². The molecule has 182 valence electrons. The number of nitrogens with one attached hydrogen (secondary N) is 1. The number of ether oxygens (including phenoxy) is 3. The highest BCUT2D eigenvalue weighted by molar-refractivity contribution is 5.70. The van der Waals surface area contributed by atoms with Crippen LogP contribution < -0.4 is 10.1 Å². The number of piperidine rings is 1. The summed E-state index contributed by atoms with van der Waals surface area (Å²) < 4.78 is 16.5. The summed E-state index contributed by atoms with van der Waals surface area (Å²) in [5.41, 5.74) is 2.67. The highest BCUT2D eigenvalue weighted by Gasteiger charge is 2.37. The van der Waals surface area contributed by atoms with Gasteiger partial charge in [-0.1, -0.05) is 72.8 Å². The fraction of sp³-hybridized carbons (Fsp3) is 0.286. The number of hydrogen-bond acceptors (Lipinski definition) is 5. The Morgan fingerprint density at radius 3 is 2.20 bits per heavy atom. The number of amides is 2. The number of rotatable bonds is 7. The van der Waals surface area contributed by atoms with Crippen LogP contribution in [0.25, 0.3) is 0 Å². The number of benzene rings is 3. The number of alkyl carbamates (subject to hydrolysis) is 1. The van der Waals surface area contributed by atoms with E-state index in [0.29, 0.717) is 18.7 Å². The topological polar surface area (TPSA) is 77.1 Å². The Kier molecular flexibility index (Phi) is 8.22.